The number of rotatable bonds is 5. The first-order chi connectivity index (χ1) is 13.0. The number of nitrogens with one attached hydrogen (secondary N) is 2. The SMILES string of the molecule is COc1ccc(N2CC[NH+]([C@@H](C)C(=O)Nc3ccc(Cl)cc3F)CC2)cc1. The smallest absolute Gasteiger partial charge is 0.282 e. The molecule has 27 heavy (non-hydrogen) atoms. The third-order valence-corrected chi connectivity index (χ3v) is 5.27. The van der Waals surface area contributed by atoms with Crippen LogP contribution >= 0.6 is 11.6 Å². The maximum Gasteiger partial charge on any atom is 0.282 e. The molecule has 0 spiro atoms. The van der Waals surface area contributed by atoms with Crippen LogP contribution < -0.4 is 19.9 Å². The minimum Gasteiger partial charge on any atom is -0.497 e. The van der Waals surface area contributed by atoms with E-state index in [2.05, 4.69) is 10.2 Å². The fourth-order valence-electron chi connectivity index (χ4n) is 3.30. The first kappa shape index (κ1) is 19.5. The topological polar surface area (TPSA) is 46.0 Å². The van der Waals surface area contributed by atoms with Gasteiger partial charge in [-0.3, -0.25) is 4.79 Å². The Kier molecular flexibility index (Phi) is 6.19. The van der Waals surface area contributed by atoms with Crippen LogP contribution in [0.2, 0.25) is 5.02 Å². The first-order valence-electron chi connectivity index (χ1n) is 8.97. The van der Waals surface area contributed by atoms with Gasteiger partial charge in [0.05, 0.1) is 39.0 Å². The third-order valence-electron chi connectivity index (χ3n) is 5.04. The number of quaternary nitrogens is 1. The quantitative estimate of drug-likeness (QED) is 0.820. The van der Waals surface area contributed by atoms with E-state index in [1.54, 1.807) is 13.2 Å². The second-order valence-electron chi connectivity index (χ2n) is 6.68. The highest BCUT2D eigenvalue weighted by molar-refractivity contribution is 6.30. The van der Waals surface area contributed by atoms with Crippen molar-refractivity contribution in [2.24, 2.45) is 0 Å². The Morgan fingerprint density at radius 3 is 2.48 bits per heavy atom. The standard InChI is InChI=1S/C20H23ClFN3O2/c1-14(20(26)23-19-8-3-15(21)13-18(19)22)24-9-11-25(12-10-24)16-4-6-17(27-2)7-5-16/h3-8,13-14H,9-12H2,1-2H3,(H,23,26)/p+1/t14-/m0/s1. The van der Waals surface area contributed by atoms with Crippen molar-refractivity contribution in [1.29, 1.82) is 0 Å². The van der Waals surface area contributed by atoms with E-state index in [1.807, 2.05) is 31.2 Å². The number of hydrogen-bond acceptors (Lipinski definition) is 3. The van der Waals surface area contributed by atoms with Crippen LogP contribution in [0.25, 0.3) is 0 Å². The van der Waals surface area contributed by atoms with Gasteiger partial charge < -0.3 is 19.9 Å². The van der Waals surface area contributed by atoms with E-state index in [0.717, 1.165) is 37.6 Å². The van der Waals surface area contributed by atoms with Gasteiger partial charge >= 0.3 is 0 Å². The summed E-state index contributed by atoms with van der Waals surface area (Å²) in [7, 11) is 1.65. The lowest BCUT2D eigenvalue weighted by Crippen LogP contribution is -3.19. The molecule has 1 heterocycles. The highest BCUT2D eigenvalue weighted by atomic mass is 35.5. The molecule has 144 valence electrons. The van der Waals surface area contributed by atoms with Gasteiger partial charge in [-0.2, -0.15) is 0 Å². The zero-order chi connectivity index (χ0) is 19.4. The van der Waals surface area contributed by atoms with Gasteiger partial charge in [-0.25, -0.2) is 4.39 Å². The Balaban J connectivity index is 1.55. The zero-order valence-electron chi connectivity index (χ0n) is 15.5. The molecule has 5 nitrogen and oxygen atoms in total. The molecule has 0 aromatic heterocycles. The fraction of sp³-hybridized carbons (Fsp3) is 0.350. The number of carbonyl (C=O) groups excluding carboxylic acids is 1. The molecule has 1 aliphatic rings. The average Bonchev–Trinajstić information content (AvgIpc) is 2.69. The Bertz CT molecular complexity index is 792. The second kappa shape index (κ2) is 8.59. The number of amides is 1. The largest absolute Gasteiger partial charge is 0.497 e. The van der Waals surface area contributed by atoms with Crippen molar-refractivity contribution in [3.05, 3.63) is 53.3 Å². The predicted molar refractivity (Wildman–Crippen MR) is 105 cm³/mol. The molecule has 1 fully saturated rings. The van der Waals surface area contributed by atoms with E-state index in [1.165, 1.54) is 17.0 Å². The minimum atomic E-state index is -0.526. The molecule has 0 bridgehead atoms. The molecule has 0 unspecified atom stereocenters. The number of carbonyl (C=O) groups is 1. The summed E-state index contributed by atoms with van der Waals surface area (Å²) in [5.41, 5.74) is 1.31. The molecule has 0 aliphatic carbocycles. The van der Waals surface area contributed by atoms with Crippen molar-refractivity contribution in [2.75, 3.05) is 43.5 Å². The maximum absolute atomic E-state index is 13.9. The molecule has 1 aliphatic heterocycles. The molecule has 0 saturated carbocycles. The van der Waals surface area contributed by atoms with Gasteiger partial charge in [0, 0.05) is 10.7 Å². The number of ether oxygens (including phenoxy) is 1. The van der Waals surface area contributed by atoms with Gasteiger partial charge in [-0.1, -0.05) is 11.6 Å². The summed E-state index contributed by atoms with van der Waals surface area (Å²) >= 11 is 5.75. The van der Waals surface area contributed by atoms with Gasteiger partial charge in [0.2, 0.25) is 0 Å². The molecule has 2 N–H and O–H groups in total. The minimum absolute atomic E-state index is 0.160. The Morgan fingerprint density at radius 1 is 1.22 bits per heavy atom. The second-order valence-corrected chi connectivity index (χ2v) is 7.11. The number of piperazine rings is 1. The van der Waals surface area contributed by atoms with Gasteiger partial charge in [0.25, 0.3) is 5.91 Å². The van der Waals surface area contributed by atoms with Gasteiger partial charge in [-0.05, 0) is 49.4 Å². The van der Waals surface area contributed by atoms with Crippen molar-refractivity contribution >= 4 is 28.9 Å². The monoisotopic (exact) mass is 392 g/mol. The lowest BCUT2D eigenvalue weighted by molar-refractivity contribution is -0.914. The van der Waals surface area contributed by atoms with Crippen LogP contribution in [0.4, 0.5) is 15.8 Å². The predicted octanol–water partition coefficient (Wildman–Crippen LogP) is 2.22. The highest BCUT2D eigenvalue weighted by Crippen LogP contribution is 2.20. The van der Waals surface area contributed by atoms with Gasteiger partial charge in [0.15, 0.2) is 6.04 Å². The first-order valence-corrected chi connectivity index (χ1v) is 9.35. The number of benzene rings is 2. The van der Waals surface area contributed by atoms with Crippen LogP contribution in [0.15, 0.2) is 42.5 Å². The summed E-state index contributed by atoms with van der Waals surface area (Å²) in [6, 6.07) is 12.0. The van der Waals surface area contributed by atoms with E-state index < -0.39 is 5.82 Å². The van der Waals surface area contributed by atoms with Crippen LogP contribution in [-0.2, 0) is 4.79 Å². The molecule has 1 atom stereocenters. The van der Waals surface area contributed by atoms with Crippen LogP contribution in [0, 0.1) is 5.82 Å². The molecule has 0 radical (unpaired) electrons. The van der Waals surface area contributed by atoms with Crippen molar-refractivity contribution in [3.8, 4) is 5.75 Å². The normalized spacial score (nSPS) is 16.1. The number of hydrogen-bond donors (Lipinski definition) is 2. The van der Waals surface area contributed by atoms with E-state index in [9.17, 15) is 9.18 Å². The summed E-state index contributed by atoms with van der Waals surface area (Å²) in [4.78, 5) is 16.0. The van der Waals surface area contributed by atoms with Gasteiger partial charge in [-0.15, -0.1) is 0 Å². The summed E-state index contributed by atoms with van der Waals surface area (Å²) in [5.74, 6) is 0.120. The van der Waals surface area contributed by atoms with Crippen LogP contribution in [-0.4, -0.2) is 45.2 Å². The number of halogens is 2. The molecule has 2 aromatic rings. The number of nitrogens with zero attached hydrogens (tertiary/aromatic N) is 1. The fourth-order valence-corrected chi connectivity index (χ4v) is 3.45. The van der Waals surface area contributed by atoms with E-state index in [4.69, 9.17) is 16.3 Å². The summed E-state index contributed by atoms with van der Waals surface area (Å²) in [6.45, 7) is 5.26. The number of methoxy groups -OCH3 is 1. The Hall–Kier alpha value is -2.31. The lowest BCUT2D eigenvalue weighted by atomic mass is 10.2. The molecular formula is C20H24ClFN3O2+. The van der Waals surface area contributed by atoms with Crippen LogP contribution in [0.3, 0.4) is 0 Å². The van der Waals surface area contributed by atoms with Crippen molar-refractivity contribution < 1.29 is 18.8 Å². The maximum atomic E-state index is 13.9. The summed E-state index contributed by atoms with van der Waals surface area (Å²) in [5, 5.41) is 2.97. The zero-order valence-corrected chi connectivity index (χ0v) is 16.2. The van der Waals surface area contributed by atoms with Crippen molar-refractivity contribution in [2.45, 2.75) is 13.0 Å². The summed E-state index contributed by atoms with van der Waals surface area (Å²) < 4.78 is 19.1. The molecule has 1 saturated heterocycles. The molecule has 1 amide bonds. The van der Waals surface area contributed by atoms with E-state index in [-0.39, 0.29) is 17.6 Å². The van der Waals surface area contributed by atoms with Gasteiger partial charge in [0.1, 0.15) is 11.6 Å². The molecular weight excluding hydrogens is 369 g/mol. The van der Waals surface area contributed by atoms with Crippen molar-refractivity contribution in [1.82, 2.24) is 0 Å². The van der Waals surface area contributed by atoms with Crippen LogP contribution in [0.5, 0.6) is 5.75 Å². The Morgan fingerprint density at radius 2 is 1.89 bits per heavy atom. The molecule has 3 rings (SSSR count). The Labute approximate surface area is 163 Å². The number of anilines is 2. The summed E-state index contributed by atoms with van der Waals surface area (Å²) in [6.07, 6.45) is 0. The highest BCUT2D eigenvalue weighted by Gasteiger charge is 2.29. The molecule has 2 aromatic carbocycles. The van der Waals surface area contributed by atoms with Crippen molar-refractivity contribution in [3.63, 3.8) is 0 Å². The average molecular weight is 393 g/mol. The lowest BCUT2D eigenvalue weighted by Gasteiger charge is -2.36. The van der Waals surface area contributed by atoms with Crippen LogP contribution in [0.1, 0.15) is 6.92 Å². The third kappa shape index (κ3) is 4.70. The van der Waals surface area contributed by atoms with E-state index in [0.29, 0.717) is 5.02 Å². The molecule has 7 heteroatoms. The van der Waals surface area contributed by atoms with E-state index >= 15 is 0 Å².